The van der Waals surface area contributed by atoms with Gasteiger partial charge in [0, 0.05) is 23.5 Å². The minimum absolute atomic E-state index is 0.105. The molecule has 0 amide bonds. The zero-order valence-electron chi connectivity index (χ0n) is 12.4. The first kappa shape index (κ1) is 12.8. The number of rotatable bonds is 1. The molecule has 0 radical (unpaired) electrons. The Hall–Kier alpha value is -2.68. The molecule has 5 aliphatic carbocycles. The van der Waals surface area contributed by atoms with E-state index in [2.05, 4.69) is 48.6 Å². The van der Waals surface area contributed by atoms with E-state index in [1.807, 2.05) is 12.2 Å². The summed E-state index contributed by atoms with van der Waals surface area (Å²) < 4.78 is 0. The first-order valence-corrected chi connectivity index (χ1v) is 7.98. The second-order valence-electron chi connectivity index (χ2n) is 6.58. The van der Waals surface area contributed by atoms with Crippen LogP contribution in [-0.2, 0) is 0 Å². The minimum Gasteiger partial charge on any atom is -0.258 e. The minimum atomic E-state index is -0.223. The lowest BCUT2D eigenvalue weighted by atomic mass is 9.54. The molecule has 1 fully saturated rings. The number of fused-ring (bicyclic) bond motifs is 2. The van der Waals surface area contributed by atoms with Crippen LogP contribution in [0.4, 0.5) is 0 Å². The van der Waals surface area contributed by atoms with Crippen LogP contribution >= 0.6 is 0 Å². The molecule has 1 saturated carbocycles. The van der Waals surface area contributed by atoms with Gasteiger partial charge in [-0.2, -0.15) is 0 Å². The molecule has 0 bridgehead atoms. The number of hydrogen-bond donors (Lipinski definition) is 0. The maximum atomic E-state index is 11.6. The predicted octanol–water partition coefficient (Wildman–Crippen LogP) is 4.05. The Balaban J connectivity index is 1.82. The van der Waals surface area contributed by atoms with Crippen molar-refractivity contribution in [2.24, 2.45) is 23.7 Å². The highest BCUT2D eigenvalue weighted by atomic mass is 16.6. The summed E-state index contributed by atoms with van der Waals surface area (Å²) >= 11 is 0. The van der Waals surface area contributed by atoms with Crippen LogP contribution in [0.3, 0.4) is 0 Å². The van der Waals surface area contributed by atoms with Gasteiger partial charge >= 0.3 is 0 Å². The highest BCUT2D eigenvalue weighted by molar-refractivity contribution is 5.61. The third-order valence-corrected chi connectivity index (χ3v) is 5.60. The molecule has 0 aromatic rings. The van der Waals surface area contributed by atoms with Crippen LogP contribution in [0.15, 0.2) is 94.8 Å². The average molecular weight is 301 g/mol. The lowest BCUT2D eigenvalue weighted by Gasteiger charge is -2.48. The van der Waals surface area contributed by atoms with Crippen LogP contribution in [0.2, 0.25) is 0 Å². The van der Waals surface area contributed by atoms with Crippen molar-refractivity contribution in [1.82, 2.24) is 0 Å². The van der Waals surface area contributed by atoms with Crippen molar-refractivity contribution < 1.29 is 4.92 Å². The normalized spacial score (nSPS) is 35.2. The van der Waals surface area contributed by atoms with E-state index >= 15 is 0 Å². The van der Waals surface area contributed by atoms with E-state index < -0.39 is 0 Å². The summed E-state index contributed by atoms with van der Waals surface area (Å²) in [5.41, 5.74) is 4.78. The van der Waals surface area contributed by atoms with Crippen molar-refractivity contribution in [3.63, 3.8) is 0 Å². The first-order chi connectivity index (χ1) is 11.3. The fraction of sp³-hybridized carbons (Fsp3) is 0.200. The molecule has 0 heterocycles. The summed E-state index contributed by atoms with van der Waals surface area (Å²) in [6, 6.07) is 0. The van der Waals surface area contributed by atoms with Gasteiger partial charge in [-0.05, 0) is 28.6 Å². The fourth-order valence-corrected chi connectivity index (χ4v) is 4.76. The summed E-state index contributed by atoms with van der Waals surface area (Å²) in [4.78, 5) is 11.4. The highest BCUT2D eigenvalue weighted by Gasteiger charge is 2.49. The van der Waals surface area contributed by atoms with Crippen LogP contribution in [0.5, 0.6) is 0 Å². The second-order valence-corrected chi connectivity index (χ2v) is 6.58. The second kappa shape index (κ2) is 4.42. The Morgan fingerprint density at radius 1 is 0.826 bits per heavy atom. The molecule has 0 aromatic heterocycles. The van der Waals surface area contributed by atoms with Crippen molar-refractivity contribution in [1.29, 1.82) is 0 Å². The highest BCUT2D eigenvalue weighted by Crippen LogP contribution is 2.57. The Labute approximate surface area is 134 Å². The van der Waals surface area contributed by atoms with Gasteiger partial charge in [-0.15, -0.1) is 0 Å². The van der Waals surface area contributed by atoms with Crippen molar-refractivity contribution in [3.8, 4) is 0 Å². The number of allylic oxidation sites excluding steroid dienone is 15. The van der Waals surface area contributed by atoms with Gasteiger partial charge in [0.05, 0.1) is 4.92 Å². The first-order valence-electron chi connectivity index (χ1n) is 7.98. The maximum Gasteiger partial charge on any atom is 0.273 e. The van der Waals surface area contributed by atoms with E-state index in [0.29, 0.717) is 11.8 Å². The van der Waals surface area contributed by atoms with Gasteiger partial charge in [-0.25, -0.2) is 0 Å². The van der Waals surface area contributed by atoms with Crippen LogP contribution < -0.4 is 0 Å². The summed E-state index contributed by atoms with van der Waals surface area (Å²) in [5, 5.41) is 11.6. The Morgan fingerprint density at radius 2 is 1.52 bits per heavy atom. The molecule has 0 spiro atoms. The van der Waals surface area contributed by atoms with Gasteiger partial charge in [0.15, 0.2) is 0 Å². The van der Waals surface area contributed by atoms with Crippen molar-refractivity contribution in [3.05, 3.63) is 105 Å². The van der Waals surface area contributed by atoms with E-state index in [-0.39, 0.29) is 22.5 Å². The molecule has 0 saturated heterocycles. The molecule has 5 rings (SSSR count). The molecule has 112 valence electrons. The third kappa shape index (κ3) is 1.59. The topological polar surface area (TPSA) is 43.1 Å². The standard InChI is InChI=1S/C20H15NO2/c22-21(23)17-11-10-13-6-2-8-15-14-7-1-4-12-5-3-9-16(18(12)14)20(17)19(13)15/h1-11,14-15,18-19H/t14-,15+,18+,19+/m0/s1. The van der Waals surface area contributed by atoms with Crippen molar-refractivity contribution in [2.75, 3.05) is 0 Å². The molecular weight excluding hydrogens is 286 g/mol. The third-order valence-electron chi connectivity index (χ3n) is 5.60. The van der Waals surface area contributed by atoms with Crippen LogP contribution in [0.1, 0.15) is 0 Å². The van der Waals surface area contributed by atoms with Gasteiger partial charge in [-0.1, -0.05) is 60.8 Å². The van der Waals surface area contributed by atoms with Crippen LogP contribution in [0, 0.1) is 33.8 Å². The van der Waals surface area contributed by atoms with E-state index in [9.17, 15) is 10.1 Å². The summed E-state index contributed by atoms with van der Waals surface area (Å²) in [6.45, 7) is 0. The van der Waals surface area contributed by atoms with Gasteiger partial charge in [0.2, 0.25) is 0 Å². The van der Waals surface area contributed by atoms with Gasteiger partial charge in [0.1, 0.15) is 0 Å². The molecular formula is C20H15NO2. The van der Waals surface area contributed by atoms with Gasteiger partial charge < -0.3 is 0 Å². The number of hydrogen-bond acceptors (Lipinski definition) is 2. The quantitative estimate of drug-likeness (QED) is 0.541. The van der Waals surface area contributed by atoms with Crippen LogP contribution in [0.25, 0.3) is 0 Å². The fourth-order valence-electron chi connectivity index (χ4n) is 4.76. The zero-order valence-corrected chi connectivity index (χ0v) is 12.4. The summed E-state index contributed by atoms with van der Waals surface area (Å²) in [5.74, 6) is 1.01. The van der Waals surface area contributed by atoms with Crippen LogP contribution in [-0.4, -0.2) is 4.92 Å². The largest absolute Gasteiger partial charge is 0.273 e. The Kier molecular flexibility index (Phi) is 2.46. The molecule has 3 nitrogen and oxygen atoms in total. The van der Waals surface area contributed by atoms with Crippen molar-refractivity contribution in [2.45, 2.75) is 0 Å². The molecule has 0 aromatic carbocycles. The maximum absolute atomic E-state index is 11.6. The van der Waals surface area contributed by atoms with E-state index in [1.165, 1.54) is 11.1 Å². The SMILES string of the molecule is O=[N+]([O-])C1=C2C3=CC=CC4=CC=C[C@H]([C@@H]43)[C@H]3C=CC=C(C=C1)[C@@H]23. The molecule has 23 heavy (non-hydrogen) atoms. The molecule has 3 heteroatoms. The number of nitrogens with zero attached hydrogens (tertiary/aromatic N) is 1. The van der Waals surface area contributed by atoms with E-state index in [0.717, 1.165) is 11.1 Å². The van der Waals surface area contributed by atoms with E-state index in [1.54, 1.807) is 6.08 Å². The van der Waals surface area contributed by atoms with Crippen molar-refractivity contribution >= 4 is 0 Å². The molecule has 0 aliphatic heterocycles. The lowest BCUT2D eigenvalue weighted by Crippen LogP contribution is -2.41. The molecule has 4 atom stereocenters. The zero-order chi connectivity index (χ0) is 15.6. The Morgan fingerprint density at radius 3 is 2.26 bits per heavy atom. The Bertz CT molecular complexity index is 873. The molecule has 5 aliphatic rings. The number of nitro groups is 1. The summed E-state index contributed by atoms with van der Waals surface area (Å²) in [7, 11) is 0. The molecule has 0 N–H and O–H groups in total. The summed E-state index contributed by atoms with van der Waals surface area (Å²) in [6.07, 6.45) is 22.8. The smallest absolute Gasteiger partial charge is 0.258 e. The van der Waals surface area contributed by atoms with E-state index in [4.69, 9.17) is 0 Å². The lowest BCUT2D eigenvalue weighted by molar-refractivity contribution is -0.420. The van der Waals surface area contributed by atoms with Gasteiger partial charge in [0.25, 0.3) is 5.70 Å². The predicted molar refractivity (Wildman–Crippen MR) is 88.8 cm³/mol. The van der Waals surface area contributed by atoms with Gasteiger partial charge in [-0.3, -0.25) is 10.1 Å². The average Bonchev–Trinajstić information content (AvgIpc) is 2.58. The monoisotopic (exact) mass is 301 g/mol. The molecule has 0 unspecified atom stereocenters.